The van der Waals surface area contributed by atoms with Gasteiger partial charge in [-0.05, 0) is 12.1 Å². The number of para-hydroxylation sites is 1. The quantitative estimate of drug-likeness (QED) is 0.912. The van der Waals surface area contributed by atoms with Crippen LogP contribution in [-0.2, 0) is 4.79 Å². The molecule has 7 heteroatoms. The molecule has 1 atom stereocenters. The van der Waals surface area contributed by atoms with Crippen LogP contribution in [-0.4, -0.2) is 33.1 Å². The largest absolute Gasteiger partial charge is 0.323 e. The van der Waals surface area contributed by atoms with Gasteiger partial charge in [0.25, 0.3) is 0 Å². The smallest absolute Gasteiger partial charge is 0.242 e. The van der Waals surface area contributed by atoms with Crippen molar-refractivity contribution in [3.05, 3.63) is 41.9 Å². The number of nitrogens with zero attached hydrogens (tertiary/aromatic N) is 2. The molecular formula is C13H13ClN4OS. The zero-order valence-electron chi connectivity index (χ0n) is 10.5. The summed E-state index contributed by atoms with van der Waals surface area (Å²) in [5, 5.41) is 6.64. The van der Waals surface area contributed by atoms with Crippen molar-refractivity contribution in [2.24, 2.45) is 0 Å². The second kappa shape index (κ2) is 5.87. The average Bonchev–Trinajstić information content (AvgIpc) is 3.12. The Morgan fingerprint density at radius 2 is 2.45 bits per heavy atom. The molecule has 0 radical (unpaired) electrons. The number of carbonyl (C=O) groups excluding carboxylic acids is 1. The molecule has 1 aliphatic heterocycles. The number of carbonyl (C=O) groups is 1. The van der Waals surface area contributed by atoms with Gasteiger partial charge in [-0.25, -0.2) is 4.98 Å². The number of thioether (sulfide) groups is 1. The van der Waals surface area contributed by atoms with Crippen molar-refractivity contribution in [2.45, 2.75) is 6.04 Å². The lowest BCUT2D eigenvalue weighted by Crippen LogP contribution is -2.37. The van der Waals surface area contributed by atoms with Crippen LogP contribution in [0.2, 0.25) is 5.02 Å². The highest BCUT2D eigenvalue weighted by atomic mass is 35.5. The highest BCUT2D eigenvalue weighted by Gasteiger charge is 2.23. The zero-order valence-corrected chi connectivity index (χ0v) is 12.1. The second-order valence-electron chi connectivity index (χ2n) is 4.37. The van der Waals surface area contributed by atoms with Crippen molar-refractivity contribution in [3.8, 4) is 5.69 Å². The summed E-state index contributed by atoms with van der Waals surface area (Å²) in [6.07, 6.45) is 5.12. The monoisotopic (exact) mass is 308 g/mol. The average molecular weight is 309 g/mol. The van der Waals surface area contributed by atoms with Crippen molar-refractivity contribution in [1.29, 1.82) is 0 Å². The predicted molar refractivity (Wildman–Crippen MR) is 81.5 cm³/mol. The fraction of sp³-hybridized carbons (Fsp3) is 0.231. The Morgan fingerprint density at radius 3 is 3.15 bits per heavy atom. The van der Waals surface area contributed by atoms with Crippen molar-refractivity contribution in [3.63, 3.8) is 0 Å². The van der Waals surface area contributed by atoms with Gasteiger partial charge in [-0.1, -0.05) is 17.7 Å². The van der Waals surface area contributed by atoms with Crippen molar-refractivity contribution in [2.75, 3.05) is 16.9 Å². The number of benzene rings is 1. The number of amides is 1. The molecule has 2 aromatic rings. The standard InChI is InChI=1S/C13H13ClN4OS/c14-9-2-1-3-10(12(9)18-5-4-15-7-18)17-13(19)11-6-20-8-16-11/h1-5,7,11,16H,6,8H2,(H,17,19). The molecule has 5 nitrogen and oxygen atoms in total. The highest BCUT2D eigenvalue weighted by Crippen LogP contribution is 2.28. The van der Waals surface area contributed by atoms with Gasteiger partial charge >= 0.3 is 0 Å². The zero-order chi connectivity index (χ0) is 13.9. The van der Waals surface area contributed by atoms with Crippen molar-refractivity contribution < 1.29 is 4.79 Å². The van der Waals surface area contributed by atoms with Crippen LogP contribution >= 0.6 is 23.4 Å². The van der Waals surface area contributed by atoms with Gasteiger partial charge in [-0.2, -0.15) is 0 Å². The van der Waals surface area contributed by atoms with Gasteiger partial charge in [0.2, 0.25) is 5.91 Å². The second-order valence-corrected chi connectivity index (χ2v) is 5.80. The number of nitrogens with one attached hydrogen (secondary N) is 2. The Balaban J connectivity index is 1.89. The maximum Gasteiger partial charge on any atom is 0.242 e. The number of imidazole rings is 1. The van der Waals surface area contributed by atoms with E-state index in [0.29, 0.717) is 10.7 Å². The lowest BCUT2D eigenvalue weighted by atomic mass is 10.2. The number of hydrogen-bond acceptors (Lipinski definition) is 4. The highest BCUT2D eigenvalue weighted by molar-refractivity contribution is 7.99. The molecule has 20 heavy (non-hydrogen) atoms. The molecule has 0 saturated carbocycles. The molecular weight excluding hydrogens is 296 g/mol. The van der Waals surface area contributed by atoms with E-state index in [2.05, 4.69) is 15.6 Å². The lowest BCUT2D eigenvalue weighted by molar-refractivity contribution is -0.117. The minimum atomic E-state index is -0.158. The number of halogens is 1. The van der Waals surface area contributed by atoms with E-state index in [1.807, 2.05) is 12.1 Å². The first-order valence-corrected chi connectivity index (χ1v) is 7.68. The van der Waals surface area contributed by atoms with Crippen LogP contribution in [0.1, 0.15) is 0 Å². The summed E-state index contributed by atoms with van der Waals surface area (Å²) in [5.41, 5.74) is 1.41. The van der Waals surface area contributed by atoms with Crippen LogP contribution in [0, 0.1) is 0 Å². The molecule has 0 aliphatic carbocycles. The number of rotatable bonds is 3. The molecule has 1 aromatic heterocycles. The molecule has 2 N–H and O–H groups in total. The minimum Gasteiger partial charge on any atom is -0.323 e. The van der Waals surface area contributed by atoms with E-state index in [0.717, 1.165) is 17.3 Å². The van der Waals surface area contributed by atoms with Gasteiger partial charge in [-0.3, -0.25) is 10.1 Å². The summed E-state index contributed by atoms with van der Waals surface area (Å²) >= 11 is 7.96. The first kappa shape index (κ1) is 13.5. The molecule has 1 saturated heterocycles. The van der Waals surface area contributed by atoms with Gasteiger partial charge in [-0.15, -0.1) is 11.8 Å². The van der Waals surface area contributed by atoms with E-state index < -0.39 is 0 Å². The molecule has 1 aromatic carbocycles. The number of aromatic nitrogens is 2. The third-order valence-electron chi connectivity index (χ3n) is 3.04. The van der Waals surface area contributed by atoms with Crippen LogP contribution in [0.25, 0.3) is 5.69 Å². The van der Waals surface area contributed by atoms with Crippen LogP contribution in [0.5, 0.6) is 0 Å². The molecule has 1 amide bonds. The van der Waals surface area contributed by atoms with Crippen molar-refractivity contribution >= 4 is 35.0 Å². The fourth-order valence-corrected chi connectivity index (χ4v) is 3.27. The predicted octanol–water partition coefficient (Wildman–Crippen LogP) is 2.13. The van der Waals surface area contributed by atoms with Gasteiger partial charge in [0, 0.05) is 24.0 Å². The number of anilines is 1. The van der Waals surface area contributed by atoms with Gasteiger partial charge in [0.05, 0.1) is 28.8 Å². The van der Waals surface area contributed by atoms with Crippen LogP contribution < -0.4 is 10.6 Å². The van der Waals surface area contributed by atoms with Gasteiger partial charge in [0.1, 0.15) is 0 Å². The van der Waals surface area contributed by atoms with Gasteiger partial charge < -0.3 is 9.88 Å². The molecule has 2 heterocycles. The summed E-state index contributed by atoms with van der Waals surface area (Å²) in [6, 6.07) is 5.28. The van der Waals surface area contributed by atoms with E-state index >= 15 is 0 Å². The summed E-state index contributed by atoms with van der Waals surface area (Å²) in [7, 11) is 0. The normalized spacial score (nSPS) is 18.1. The van der Waals surface area contributed by atoms with E-state index in [1.165, 1.54) is 0 Å². The van der Waals surface area contributed by atoms with Crippen LogP contribution in [0.4, 0.5) is 5.69 Å². The van der Waals surface area contributed by atoms with Crippen LogP contribution in [0.15, 0.2) is 36.9 Å². The first-order valence-electron chi connectivity index (χ1n) is 6.14. The molecule has 0 spiro atoms. The van der Waals surface area contributed by atoms with Gasteiger partial charge in [0.15, 0.2) is 0 Å². The number of hydrogen-bond donors (Lipinski definition) is 2. The third-order valence-corrected chi connectivity index (χ3v) is 4.28. The topological polar surface area (TPSA) is 59.0 Å². The van der Waals surface area contributed by atoms with E-state index in [4.69, 9.17) is 11.6 Å². The third kappa shape index (κ3) is 2.67. The Labute approximate surface area is 125 Å². The Bertz CT molecular complexity index is 611. The van der Waals surface area contributed by atoms with Crippen molar-refractivity contribution in [1.82, 2.24) is 14.9 Å². The minimum absolute atomic E-state index is 0.0429. The lowest BCUT2D eigenvalue weighted by Gasteiger charge is -2.15. The summed E-state index contributed by atoms with van der Waals surface area (Å²) in [6.45, 7) is 0. The van der Waals surface area contributed by atoms with Crippen LogP contribution in [0.3, 0.4) is 0 Å². The summed E-state index contributed by atoms with van der Waals surface area (Å²) in [4.78, 5) is 16.2. The molecule has 0 bridgehead atoms. The maximum atomic E-state index is 12.2. The Kier molecular flexibility index (Phi) is 3.95. The first-order chi connectivity index (χ1) is 9.75. The fourth-order valence-electron chi connectivity index (χ4n) is 2.05. The molecule has 1 fully saturated rings. The summed E-state index contributed by atoms with van der Waals surface area (Å²) < 4.78 is 1.79. The molecule has 1 aliphatic rings. The van der Waals surface area contributed by atoms with E-state index in [1.54, 1.807) is 41.1 Å². The Morgan fingerprint density at radius 1 is 1.55 bits per heavy atom. The summed E-state index contributed by atoms with van der Waals surface area (Å²) in [5.74, 6) is 1.55. The molecule has 1 unspecified atom stereocenters. The molecule has 3 rings (SSSR count). The SMILES string of the molecule is O=C(Nc1cccc(Cl)c1-n1ccnc1)C1CSCN1. The Hall–Kier alpha value is -1.50. The van der Waals surface area contributed by atoms with E-state index in [9.17, 15) is 4.79 Å². The molecule has 104 valence electrons. The maximum absolute atomic E-state index is 12.2. The van der Waals surface area contributed by atoms with E-state index in [-0.39, 0.29) is 11.9 Å².